The minimum Gasteiger partial charge on any atom is -0.391 e. The number of hydrogen-bond acceptors (Lipinski definition) is 4. The Kier molecular flexibility index (Phi) is 5.79. The van der Waals surface area contributed by atoms with Gasteiger partial charge in [0, 0.05) is 5.25 Å². The van der Waals surface area contributed by atoms with Gasteiger partial charge < -0.3 is 15.7 Å². The Morgan fingerprint density at radius 2 is 1.94 bits per heavy atom. The third-order valence-electron chi connectivity index (χ3n) is 3.81. The standard InChI is InChI=1S/C13H24N2O2S/c16-12-4-2-1-3-11(12)15-13(17)9-18-10-5-7-14-8-6-10/h10-12,14,16H,1-9H2,(H,15,17)/t11-,12-/m1/s1. The van der Waals surface area contributed by atoms with Crippen molar-refractivity contribution in [2.45, 2.75) is 55.9 Å². The van der Waals surface area contributed by atoms with Crippen LogP contribution in [0.5, 0.6) is 0 Å². The van der Waals surface area contributed by atoms with E-state index in [2.05, 4.69) is 10.6 Å². The number of nitrogens with one attached hydrogen (secondary N) is 2. The molecule has 0 radical (unpaired) electrons. The second-order valence-corrected chi connectivity index (χ2v) is 6.57. The summed E-state index contributed by atoms with van der Waals surface area (Å²) in [5, 5.41) is 16.7. The van der Waals surface area contributed by atoms with E-state index in [0.29, 0.717) is 11.0 Å². The predicted octanol–water partition coefficient (Wildman–Crippen LogP) is 0.891. The molecule has 104 valence electrons. The van der Waals surface area contributed by atoms with Gasteiger partial charge in [0.1, 0.15) is 0 Å². The zero-order valence-electron chi connectivity index (χ0n) is 10.9. The molecular formula is C13H24N2O2S. The van der Waals surface area contributed by atoms with E-state index in [1.54, 1.807) is 11.8 Å². The molecule has 0 unspecified atom stereocenters. The molecule has 1 amide bonds. The Hall–Kier alpha value is -0.260. The van der Waals surface area contributed by atoms with Gasteiger partial charge in [-0.05, 0) is 38.8 Å². The van der Waals surface area contributed by atoms with Crippen LogP contribution in [-0.4, -0.2) is 47.3 Å². The van der Waals surface area contributed by atoms with Crippen LogP contribution in [0.2, 0.25) is 0 Å². The molecule has 0 spiro atoms. The molecule has 1 heterocycles. The summed E-state index contributed by atoms with van der Waals surface area (Å²) in [7, 11) is 0. The van der Waals surface area contributed by atoms with Crippen LogP contribution < -0.4 is 10.6 Å². The lowest BCUT2D eigenvalue weighted by molar-refractivity contribution is -0.120. The predicted molar refractivity (Wildman–Crippen MR) is 74.8 cm³/mol. The number of aliphatic hydroxyl groups excluding tert-OH is 1. The van der Waals surface area contributed by atoms with E-state index in [1.165, 1.54) is 0 Å². The molecule has 0 aromatic carbocycles. The van der Waals surface area contributed by atoms with Gasteiger partial charge in [-0.1, -0.05) is 12.8 Å². The summed E-state index contributed by atoms with van der Waals surface area (Å²) in [6.07, 6.45) is 5.91. The first-order valence-corrected chi connectivity index (χ1v) is 8.10. The lowest BCUT2D eigenvalue weighted by Crippen LogP contribution is -2.45. The second kappa shape index (κ2) is 7.36. The first kappa shape index (κ1) is 14.2. The molecule has 0 aromatic heterocycles. The first-order chi connectivity index (χ1) is 8.75. The molecule has 18 heavy (non-hydrogen) atoms. The molecular weight excluding hydrogens is 248 g/mol. The molecule has 0 bridgehead atoms. The minimum absolute atomic E-state index is 0.0140. The molecule has 3 N–H and O–H groups in total. The molecule has 1 saturated heterocycles. The number of carbonyl (C=O) groups is 1. The molecule has 2 aliphatic rings. The average molecular weight is 272 g/mol. The maximum atomic E-state index is 11.8. The highest BCUT2D eigenvalue weighted by Crippen LogP contribution is 2.21. The number of hydrogen-bond donors (Lipinski definition) is 3. The maximum absolute atomic E-state index is 11.8. The molecule has 0 aromatic rings. The normalized spacial score (nSPS) is 30.1. The van der Waals surface area contributed by atoms with Crippen molar-refractivity contribution >= 4 is 17.7 Å². The molecule has 1 aliphatic carbocycles. The monoisotopic (exact) mass is 272 g/mol. The summed E-state index contributed by atoms with van der Waals surface area (Å²) in [6.45, 7) is 2.14. The molecule has 1 saturated carbocycles. The summed E-state index contributed by atoms with van der Waals surface area (Å²) in [4.78, 5) is 11.8. The average Bonchev–Trinajstić information content (AvgIpc) is 2.40. The van der Waals surface area contributed by atoms with E-state index in [0.717, 1.165) is 51.6 Å². The van der Waals surface area contributed by atoms with Crippen LogP contribution in [0.25, 0.3) is 0 Å². The van der Waals surface area contributed by atoms with Crippen molar-refractivity contribution in [3.05, 3.63) is 0 Å². The van der Waals surface area contributed by atoms with Gasteiger partial charge in [0.25, 0.3) is 0 Å². The lowest BCUT2D eigenvalue weighted by atomic mass is 9.93. The fourth-order valence-corrected chi connectivity index (χ4v) is 3.72. The molecule has 1 aliphatic heterocycles. The van der Waals surface area contributed by atoms with Gasteiger partial charge in [0.15, 0.2) is 0 Å². The Balaban J connectivity index is 1.64. The van der Waals surface area contributed by atoms with Gasteiger partial charge in [0.2, 0.25) is 5.91 Å². The third kappa shape index (κ3) is 4.44. The van der Waals surface area contributed by atoms with Crippen molar-refractivity contribution < 1.29 is 9.90 Å². The van der Waals surface area contributed by atoms with Crippen LogP contribution >= 0.6 is 11.8 Å². The summed E-state index contributed by atoms with van der Waals surface area (Å²) >= 11 is 1.76. The Labute approximate surface area is 113 Å². The zero-order chi connectivity index (χ0) is 12.8. The SMILES string of the molecule is O=C(CSC1CCNCC1)N[C@@H]1CCCC[C@H]1O. The summed E-state index contributed by atoms with van der Waals surface area (Å²) in [5.74, 6) is 0.623. The largest absolute Gasteiger partial charge is 0.391 e. The van der Waals surface area contributed by atoms with Gasteiger partial charge >= 0.3 is 0 Å². The second-order valence-electron chi connectivity index (χ2n) is 5.29. The van der Waals surface area contributed by atoms with Crippen LogP contribution in [0.15, 0.2) is 0 Å². The van der Waals surface area contributed by atoms with Crippen LogP contribution in [0.4, 0.5) is 0 Å². The number of piperidine rings is 1. The molecule has 5 heteroatoms. The molecule has 2 atom stereocenters. The number of rotatable bonds is 4. The van der Waals surface area contributed by atoms with Gasteiger partial charge in [-0.2, -0.15) is 0 Å². The van der Waals surface area contributed by atoms with E-state index >= 15 is 0 Å². The van der Waals surface area contributed by atoms with Crippen molar-refractivity contribution in [2.75, 3.05) is 18.8 Å². The van der Waals surface area contributed by atoms with Crippen LogP contribution in [0, 0.1) is 0 Å². The van der Waals surface area contributed by atoms with Crippen LogP contribution in [0.3, 0.4) is 0 Å². The van der Waals surface area contributed by atoms with E-state index in [1.807, 2.05) is 0 Å². The fraction of sp³-hybridized carbons (Fsp3) is 0.923. The number of carbonyl (C=O) groups excluding carboxylic acids is 1. The van der Waals surface area contributed by atoms with E-state index in [9.17, 15) is 9.90 Å². The van der Waals surface area contributed by atoms with Crippen molar-refractivity contribution in [3.8, 4) is 0 Å². The van der Waals surface area contributed by atoms with E-state index in [4.69, 9.17) is 0 Å². The van der Waals surface area contributed by atoms with E-state index < -0.39 is 0 Å². The van der Waals surface area contributed by atoms with Gasteiger partial charge in [-0.3, -0.25) is 4.79 Å². The highest BCUT2D eigenvalue weighted by atomic mass is 32.2. The number of thioether (sulfide) groups is 1. The Morgan fingerprint density at radius 1 is 1.22 bits per heavy atom. The first-order valence-electron chi connectivity index (χ1n) is 7.05. The minimum atomic E-state index is -0.341. The quantitative estimate of drug-likeness (QED) is 0.711. The highest BCUT2D eigenvalue weighted by molar-refractivity contribution is 8.00. The Morgan fingerprint density at radius 3 is 2.67 bits per heavy atom. The van der Waals surface area contributed by atoms with Crippen molar-refractivity contribution in [1.82, 2.24) is 10.6 Å². The lowest BCUT2D eigenvalue weighted by Gasteiger charge is -2.28. The molecule has 4 nitrogen and oxygen atoms in total. The molecule has 2 rings (SSSR count). The van der Waals surface area contributed by atoms with Gasteiger partial charge in [0.05, 0.1) is 17.9 Å². The van der Waals surface area contributed by atoms with Crippen LogP contribution in [-0.2, 0) is 4.79 Å². The summed E-state index contributed by atoms with van der Waals surface area (Å²) < 4.78 is 0. The number of aliphatic hydroxyl groups is 1. The summed E-state index contributed by atoms with van der Waals surface area (Å²) in [5.41, 5.74) is 0. The van der Waals surface area contributed by atoms with Crippen molar-refractivity contribution in [3.63, 3.8) is 0 Å². The summed E-state index contributed by atoms with van der Waals surface area (Å²) in [6, 6.07) is -0.0140. The maximum Gasteiger partial charge on any atom is 0.230 e. The van der Waals surface area contributed by atoms with Gasteiger partial charge in [-0.25, -0.2) is 0 Å². The highest BCUT2D eigenvalue weighted by Gasteiger charge is 2.24. The zero-order valence-corrected chi connectivity index (χ0v) is 11.7. The Bertz CT molecular complexity index is 270. The van der Waals surface area contributed by atoms with Gasteiger partial charge in [-0.15, -0.1) is 11.8 Å². The number of amides is 1. The topological polar surface area (TPSA) is 61.4 Å². The molecule has 2 fully saturated rings. The smallest absolute Gasteiger partial charge is 0.230 e. The third-order valence-corrected chi connectivity index (χ3v) is 5.18. The van der Waals surface area contributed by atoms with Crippen LogP contribution in [0.1, 0.15) is 38.5 Å². The van der Waals surface area contributed by atoms with Crippen molar-refractivity contribution in [2.24, 2.45) is 0 Å². The van der Waals surface area contributed by atoms with E-state index in [-0.39, 0.29) is 18.1 Å². The van der Waals surface area contributed by atoms with Crippen molar-refractivity contribution in [1.29, 1.82) is 0 Å². The fourth-order valence-electron chi connectivity index (χ4n) is 2.68.